The summed E-state index contributed by atoms with van der Waals surface area (Å²) < 4.78 is 10.1. The highest BCUT2D eigenvalue weighted by molar-refractivity contribution is 14.0. The summed E-state index contributed by atoms with van der Waals surface area (Å²) in [6.07, 6.45) is 2.58. The number of carbonyl (C=O) groups is 2. The molecule has 98 valence electrons. The van der Waals surface area contributed by atoms with Gasteiger partial charge in [-0.1, -0.05) is 0 Å². The van der Waals surface area contributed by atoms with Crippen molar-refractivity contribution in [3.8, 4) is 11.5 Å². The molecule has 1 fully saturated rings. The van der Waals surface area contributed by atoms with Gasteiger partial charge in [0.05, 0.1) is 5.92 Å². The molecule has 1 aromatic carbocycles. The lowest BCUT2D eigenvalue weighted by molar-refractivity contribution is -0.138. The van der Waals surface area contributed by atoms with Gasteiger partial charge in [-0.05, 0) is 31.0 Å². The van der Waals surface area contributed by atoms with E-state index in [1.165, 1.54) is 0 Å². The second-order valence-electron chi connectivity index (χ2n) is 3.84. The zero-order chi connectivity index (χ0) is 12.3. The van der Waals surface area contributed by atoms with Crippen LogP contribution >= 0.6 is 24.0 Å². The lowest BCUT2D eigenvalue weighted by Crippen LogP contribution is -1.94. The third-order valence-electron chi connectivity index (χ3n) is 2.46. The largest absolute Gasteiger partial charge is 0.481 e. The van der Waals surface area contributed by atoms with Crippen LogP contribution in [0.25, 0.3) is 0 Å². The molecule has 0 saturated heterocycles. The first-order valence-electron chi connectivity index (χ1n) is 5.28. The predicted molar refractivity (Wildman–Crippen MR) is 73.7 cm³/mol. The Balaban J connectivity index is 0.000000199. The van der Waals surface area contributed by atoms with E-state index in [0.29, 0.717) is 17.1 Å². The smallest absolute Gasteiger partial charge is 0.306 e. The van der Waals surface area contributed by atoms with Gasteiger partial charge < -0.3 is 14.6 Å². The molecule has 0 radical (unpaired) electrons. The first-order valence-corrected chi connectivity index (χ1v) is 5.28. The minimum absolute atomic E-state index is 0. The molecular weight excluding hydrogens is 351 g/mol. The quantitative estimate of drug-likeness (QED) is 0.644. The molecule has 2 aliphatic rings. The molecule has 0 atom stereocenters. The van der Waals surface area contributed by atoms with E-state index in [1.54, 1.807) is 18.2 Å². The molecule has 0 amide bonds. The van der Waals surface area contributed by atoms with Crippen molar-refractivity contribution in [1.29, 1.82) is 0 Å². The van der Waals surface area contributed by atoms with Gasteiger partial charge in [-0.15, -0.1) is 24.0 Å². The number of carboxylic acid groups (broad SMARTS) is 1. The van der Waals surface area contributed by atoms with Crippen molar-refractivity contribution in [2.45, 2.75) is 12.8 Å². The molecule has 0 spiro atoms. The Morgan fingerprint density at radius 1 is 1.28 bits per heavy atom. The summed E-state index contributed by atoms with van der Waals surface area (Å²) in [6, 6.07) is 5.09. The summed E-state index contributed by atoms with van der Waals surface area (Å²) in [5.74, 6) is 0.741. The molecule has 5 nitrogen and oxygen atoms in total. The number of benzene rings is 1. The molecule has 1 aliphatic heterocycles. The Kier molecular flexibility index (Phi) is 5.39. The maximum absolute atomic E-state index is 10.3. The maximum atomic E-state index is 10.3. The number of hydrogen-bond acceptors (Lipinski definition) is 4. The Labute approximate surface area is 121 Å². The van der Waals surface area contributed by atoms with E-state index < -0.39 is 5.97 Å². The van der Waals surface area contributed by atoms with Gasteiger partial charge in [0, 0.05) is 5.56 Å². The fourth-order valence-corrected chi connectivity index (χ4v) is 1.32. The first-order chi connectivity index (χ1) is 8.20. The maximum Gasteiger partial charge on any atom is 0.306 e. The fourth-order valence-electron chi connectivity index (χ4n) is 1.32. The summed E-state index contributed by atoms with van der Waals surface area (Å²) in [5.41, 5.74) is 0.606. The minimum atomic E-state index is -0.630. The van der Waals surface area contributed by atoms with Crippen LogP contribution < -0.4 is 9.47 Å². The molecule has 3 rings (SSSR count). The lowest BCUT2D eigenvalue weighted by Gasteiger charge is -1.94. The van der Waals surface area contributed by atoms with Gasteiger partial charge in [0.2, 0.25) is 6.79 Å². The summed E-state index contributed by atoms with van der Waals surface area (Å²) in [6.45, 7) is 0.248. The molecule has 1 N–H and O–H groups in total. The number of rotatable bonds is 2. The van der Waals surface area contributed by atoms with Crippen LogP contribution in [-0.2, 0) is 4.79 Å². The standard InChI is InChI=1S/C8H6O3.C4H6O2.HI/c9-4-6-1-2-7-8(3-6)11-5-10-7;5-4(6)3-1-2-3;/h1-4H,5H2;3H,1-2H2,(H,5,6);1H. The Bertz CT molecular complexity index is 442. The van der Waals surface area contributed by atoms with Crippen LogP contribution in [0.5, 0.6) is 11.5 Å². The van der Waals surface area contributed by atoms with E-state index in [1.807, 2.05) is 0 Å². The van der Waals surface area contributed by atoms with Crippen molar-refractivity contribution in [3.63, 3.8) is 0 Å². The topological polar surface area (TPSA) is 72.8 Å². The van der Waals surface area contributed by atoms with Gasteiger partial charge in [-0.3, -0.25) is 9.59 Å². The lowest BCUT2D eigenvalue weighted by atomic mass is 10.2. The Morgan fingerprint density at radius 2 is 1.94 bits per heavy atom. The van der Waals surface area contributed by atoms with Crippen LogP contribution in [0.2, 0.25) is 0 Å². The van der Waals surface area contributed by atoms with Gasteiger partial charge >= 0.3 is 5.97 Å². The van der Waals surface area contributed by atoms with E-state index in [9.17, 15) is 9.59 Å². The zero-order valence-corrected chi connectivity index (χ0v) is 11.8. The molecule has 0 aromatic heterocycles. The molecule has 18 heavy (non-hydrogen) atoms. The van der Waals surface area contributed by atoms with Crippen molar-refractivity contribution in [2.75, 3.05) is 6.79 Å². The van der Waals surface area contributed by atoms with Crippen LogP contribution in [-0.4, -0.2) is 24.2 Å². The number of halogens is 1. The number of fused-ring (bicyclic) bond motifs is 1. The average Bonchev–Trinajstić information content (AvgIpc) is 3.08. The molecule has 1 heterocycles. The Morgan fingerprint density at radius 3 is 2.44 bits per heavy atom. The molecule has 1 aromatic rings. The first kappa shape index (κ1) is 14.7. The number of carbonyl (C=O) groups excluding carboxylic acids is 1. The third-order valence-corrected chi connectivity index (χ3v) is 2.46. The van der Waals surface area contributed by atoms with Crippen LogP contribution in [0.1, 0.15) is 23.2 Å². The summed E-state index contributed by atoms with van der Waals surface area (Å²) >= 11 is 0. The molecule has 0 bridgehead atoms. The monoisotopic (exact) mass is 364 g/mol. The summed E-state index contributed by atoms with van der Waals surface area (Å²) in [4.78, 5) is 20.1. The fraction of sp³-hybridized carbons (Fsp3) is 0.333. The van der Waals surface area contributed by atoms with E-state index >= 15 is 0 Å². The van der Waals surface area contributed by atoms with Gasteiger partial charge in [0.1, 0.15) is 6.29 Å². The van der Waals surface area contributed by atoms with Crippen molar-refractivity contribution in [2.24, 2.45) is 5.92 Å². The summed E-state index contributed by atoms with van der Waals surface area (Å²) in [7, 11) is 0. The van der Waals surface area contributed by atoms with Gasteiger partial charge in [0.25, 0.3) is 0 Å². The number of carboxylic acids is 1. The molecule has 0 unspecified atom stereocenters. The highest BCUT2D eigenvalue weighted by Crippen LogP contribution is 2.31. The van der Waals surface area contributed by atoms with Crippen molar-refractivity contribution < 1.29 is 24.2 Å². The minimum Gasteiger partial charge on any atom is -0.481 e. The van der Waals surface area contributed by atoms with Crippen LogP contribution in [0.4, 0.5) is 0 Å². The normalized spacial score (nSPS) is 14.9. The van der Waals surface area contributed by atoms with Crippen LogP contribution in [0.15, 0.2) is 18.2 Å². The van der Waals surface area contributed by atoms with Gasteiger partial charge in [0.15, 0.2) is 11.5 Å². The van der Waals surface area contributed by atoms with Crippen LogP contribution in [0, 0.1) is 5.92 Å². The van der Waals surface area contributed by atoms with E-state index in [0.717, 1.165) is 19.1 Å². The van der Waals surface area contributed by atoms with E-state index in [2.05, 4.69) is 0 Å². The van der Waals surface area contributed by atoms with Crippen molar-refractivity contribution in [1.82, 2.24) is 0 Å². The van der Waals surface area contributed by atoms with Gasteiger partial charge in [-0.2, -0.15) is 0 Å². The molecule has 6 heteroatoms. The van der Waals surface area contributed by atoms with E-state index in [-0.39, 0.29) is 36.7 Å². The van der Waals surface area contributed by atoms with E-state index in [4.69, 9.17) is 14.6 Å². The number of aliphatic carboxylic acids is 1. The number of hydrogen-bond donors (Lipinski definition) is 1. The molecule has 1 saturated carbocycles. The zero-order valence-electron chi connectivity index (χ0n) is 9.50. The SMILES string of the molecule is I.O=C(O)C1CC1.O=Cc1ccc2c(c1)OCO2. The van der Waals surface area contributed by atoms with Crippen molar-refractivity contribution in [3.05, 3.63) is 23.8 Å². The highest BCUT2D eigenvalue weighted by atomic mass is 127. The number of aldehydes is 1. The predicted octanol–water partition coefficient (Wildman–Crippen LogP) is 2.33. The molecular formula is C12H13IO5. The highest BCUT2D eigenvalue weighted by Gasteiger charge is 2.28. The average molecular weight is 364 g/mol. The Hall–Kier alpha value is -1.31. The number of ether oxygens (including phenoxy) is 2. The third kappa shape index (κ3) is 3.86. The summed E-state index contributed by atoms with van der Waals surface area (Å²) in [5, 5.41) is 8.05. The second kappa shape index (κ2) is 6.58. The second-order valence-corrected chi connectivity index (χ2v) is 3.84. The molecule has 1 aliphatic carbocycles. The van der Waals surface area contributed by atoms with Crippen molar-refractivity contribution >= 4 is 36.2 Å². The van der Waals surface area contributed by atoms with Crippen LogP contribution in [0.3, 0.4) is 0 Å². The van der Waals surface area contributed by atoms with Gasteiger partial charge in [-0.25, -0.2) is 0 Å².